The van der Waals surface area contributed by atoms with Gasteiger partial charge < -0.3 is 14.4 Å². The summed E-state index contributed by atoms with van der Waals surface area (Å²) in [6.07, 6.45) is 0.358. The topological polar surface area (TPSA) is 71.4 Å². The number of carbonyl (C=O) groups excluding carboxylic acids is 2. The van der Waals surface area contributed by atoms with E-state index in [1.807, 2.05) is 12.1 Å². The molecule has 8 heteroatoms. The minimum atomic E-state index is -0.413. The summed E-state index contributed by atoms with van der Waals surface area (Å²) >= 11 is 0. The molecule has 1 aliphatic rings. The van der Waals surface area contributed by atoms with E-state index in [0.717, 1.165) is 5.56 Å². The van der Waals surface area contributed by atoms with Gasteiger partial charge in [-0.2, -0.15) is 5.10 Å². The first-order chi connectivity index (χ1) is 14.9. The van der Waals surface area contributed by atoms with Gasteiger partial charge in [-0.1, -0.05) is 30.3 Å². The lowest BCUT2D eigenvalue weighted by atomic mass is 9.98. The van der Waals surface area contributed by atoms with Crippen LogP contribution >= 0.6 is 0 Å². The molecular weight excluding hydrogens is 401 g/mol. The number of hydrogen-bond donors (Lipinski definition) is 0. The number of benzene rings is 2. The van der Waals surface area contributed by atoms with Gasteiger partial charge in [-0.15, -0.1) is 0 Å². The van der Waals surface area contributed by atoms with E-state index >= 15 is 0 Å². The molecular formula is C23H26FN3O4. The summed E-state index contributed by atoms with van der Waals surface area (Å²) in [5.74, 6) is -0.283. The first-order valence-electron chi connectivity index (χ1n) is 9.97. The fourth-order valence-corrected chi connectivity index (χ4v) is 3.47. The van der Waals surface area contributed by atoms with Crippen LogP contribution in [0.5, 0.6) is 5.75 Å². The smallest absolute Gasteiger partial charge is 0.262 e. The summed E-state index contributed by atoms with van der Waals surface area (Å²) in [5, 5.41) is 5.83. The number of methoxy groups -OCH3 is 2. The summed E-state index contributed by atoms with van der Waals surface area (Å²) in [5.41, 5.74) is 1.69. The highest BCUT2D eigenvalue weighted by Crippen LogP contribution is 2.34. The summed E-state index contributed by atoms with van der Waals surface area (Å²) in [7, 11) is 3.11. The molecule has 0 aromatic heterocycles. The predicted octanol–water partition coefficient (Wildman–Crippen LogP) is 3.01. The molecule has 2 aromatic carbocycles. The van der Waals surface area contributed by atoms with Crippen LogP contribution < -0.4 is 4.74 Å². The maximum Gasteiger partial charge on any atom is 0.262 e. The van der Waals surface area contributed by atoms with Gasteiger partial charge in [-0.3, -0.25) is 9.59 Å². The van der Waals surface area contributed by atoms with Gasteiger partial charge in [0.25, 0.3) is 5.91 Å². The Morgan fingerprint density at radius 3 is 2.48 bits per heavy atom. The van der Waals surface area contributed by atoms with E-state index in [-0.39, 0.29) is 18.4 Å². The number of rotatable bonds is 8. The van der Waals surface area contributed by atoms with Crippen LogP contribution in [0.25, 0.3) is 0 Å². The number of hydrogen-bond acceptors (Lipinski definition) is 5. The molecule has 2 amide bonds. The van der Waals surface area contributed by atoms with Crippen molar-refractivity contribution in [2.24, 2.45) is 5.10 Å². The van der Waals surface area contributed by atoms with E-state index in [9.17, 15) is 14.0 Å². The molecule has 0 spiro atoms. The molecule has 1 atom stereocenters. The molecule has 0 fully saturated rings. The van der Waals surface area contributed by atoms with Crippen molar-refractivity contribution in [1.29, 1.82) is 0 Å². The Morgan fingerprint density at radius 1 is 1.16 bits per heavy atom. The average Bonchev–Trinajstić information content (AvgIpc) is 3.22. The van der Waals surface area contributed by atoms with Crippen LogP contribution in [0.3, 0.4) is 0 Å². The van der Waals surface area contributed by atoms with Crippen molar-refractivity contribution in [3.63, 3.8) is 0 Å². The monoisotopic (exact) mass is 427 g/mol. The Labute approximate surface area is 181 Å². The second kappa shape index (κ2) is 10.2. The van der Waals surface area contributed by atoms with Crippen LogP contribution in [0.15, 0.2) is 53.6 Å². The third-order valence-electron chi connectivity index (χ3n) is 5.19. The Kier molecular flexibility index (Phi) is 7.36. The molecule has 3 rings (SSSR count). The highest BCUT2D eigenvalue weighted by molar-refractivity contribution is 6.03. The van der Waals surface area contributed by atoms with E-state index in [2.05, 4.69) is 5.10 Å². The lowest BCUT2D eigenvalue weighted by Gasteiger charge is -2.26. The number of nitrogens with zero attached hydrogens (tertiary/aromatic N) is 3. The van der Waals surface area contributed by atoms with Crippen LogP contribution in [0.4, 0.5) is 4.39 Å². The van der Waals surface area contributed by atoms with Gasteiger partial charge >= 0.3 is 0 Å². The fraction of sp³-hybridized carbons (Fsp3) is 0.348. The summed E-state index contributed by atoms with van der Waals surface area (Å²) < 4.78 is 24.6. The van der Waals surface area contributed by atoms with E-state index in [1.165, 1.54) is 30.0 Å². The van der Waals surface area contributed by atoms with Crippen LogP contribution in [-0.4, -0.2) is 61.4 Å². The summed E-state index contributed by atoms with van der Waals surface area (Å²) in [6, 6.07) is 13.3. The quantitative estimate of drug-likeness (QED) is 0.649. The maximum absolute atomic E-state index is 14.4. The molecule has 1 heterocycles. The van der Waals surface area contributed by atoms with Crippen molar-refractivity contribution in [3.05, 3.63) is 65.5 Å². The van der Waals surface area contributed by atoms with Gasteiger partial charge in [-0.05, 0) is 23.8 Å². The molecule has 2 aromatic rings. The molecule has 0 saturated carbocycles. The van der Waals surface area contributed by atoms with Gasteiger partial charge in [0.05, 0.1) is 25.5 Å². The number of ether oxygens (including phenoxy) is 2. The third-order valence-corrected chi connectivity index (χ3v) is 5.19. The first kappa shape index (κ1) is 22.4. The summed E-state index contributed by atoms with van der Waals surface area (Å²) in [6.45, 7) is 1.88. The number of halogens is 1. The molecule has 31 heavy (non-hydrogen) atoms. The molecule has 0 saturated heterocycles. The Balaban J connectivity index is 1.91. The van der Waals surface area contributed by atoms with Gasteiger partial charge in [0, 0.05) is 32.6 Å². The van der Waals surface area contributed by atoms with Gasteiger partial charge in [0.15, 0.2) is 0 Å². The van der Waals surface area contributed by atoms with Crippen LogP contribution in [-0.2, 0) is 14.3 Å². The molecule has 7 nitrogen and oxygen atoms in total. The lowest BCUT2D eigenvalue weighted by molar-refractivity contribution is -0.141. The van der Waals surface area contributed by atoms with Crippen LogP contribution in [0.1, 0.15) is 30.5 Å². The Morgan fingerprint density at radius 2 is 1.87 bits per heavy atom. The van der Waals surface area contributed by atoms with E-state index in [1.54, 1.807) is 37.4 Å². The largest absolute Gasteiger partial charge is 0.497 e. The average molecular weight is 427 g/mol. The van der Waals surface area contributed by atoms with Crippen molar-refractivity contribution in [1.82, 2.24) is 9.91 Å². The zero-order valence-electron chi connectivity index (χ0n) is 17.9. The SMILES string of the molecule is COCCN(CC(=O)N1N=C(c2ccccc2F)C[C@@H]1c1ccc(OC)cc1)C(C)=O. The molecule has 0 aliphatic carbocycles. The van der Waals surface area contributed by atoms with E-state index in [0.29, 0.717) is 36.6 Å². The number of hydrazone groups is 1. The maximum atomic E-state index is 14.4. The zero-order chi connectivity index (χ0) is 22.4. The minimum absolute atomic E-state index is 0.139. The third kappa shape index (κ3) is 5.27. The van der Waals surface area contributed by atoms with E-state index in [4.69, 9.17) is 9.47 Å². The highest BCUT2D eigenvalue weighted by atomic mass is 19.1. The standard InChI is InChI=1S/C23H26FN3O4/c1-16(28)26(12-13-30-2)15-23(29)27-22(17-8-10-18(31-3)11-9-17)14-21(25-27)19-6-4-5-7-20(19)24/h4-11,22H,12-15H2,1-3H3/t22-/m1/s1. The van der Waals surface area contributed by atoms with Crippen molar-refractivity contribution < 1.29 is 23.5 Å². The van der Waals surface area contributed by atoms with Crippen LogP contribution in [0, 0.1) is 5.82 Å². The Hall–Kier alpha value is -3.26. The van der Waals surface area contributed by atoms with Crippen molar-refractivity contribution in [3.8, 4) is 5.75 Å². The van der Waals surface area contributed by atoms with Crippen molar-refractivity contribution in [2.45, 2.75) is 19.4 Å². The van der Waals surface area contributed by atoms with Crippen LogP contribution in [0.2, 0.25) is 0 Å². The number of amides is 2. The lowest BCUT2D eigenvalue weighted by Crippen LogP contribution is -2.41. The van der Waals surface area contributed by atoms with Gasteiger partial charge in [-0.25, -0.2) is 9.40 Å². The Bertz CT molecular complexity index is 962. The second-order valence-electron chi connectivity index (χ2n) is 7.19. The second-order valence-corrected chi connectivity index (χ2v) is 7.19. The molecule has 0 unspecified atom stereocenters. The highest BCUT2D eigenvalue weighted by Gasteiger charge is 2.34. The zero-order valence-corrected chi connectivity index (χ0v) is 17.9. The molecule has 164 valence electrons. The van der Waals surface area contributed by atoms with Crippen molar-refractivity contribution >= 4 is 17.5 Å². The normalized spacial score (nSPS) is 15.5. The molecule has 0 bridgehead atoms. The minimum Gasteiger partial charge on any atom is -0.497 e. The van der Waals surface area contributed by atoms with Gasteiger partial charge in [0.2, 0.25) is 5.91 Å². The van der Waals surface area contributed by atoms with E-state index < -0.39 is 11.9 Å². The van der Waals surface area contributed by atoms with Crippen molar-refractivity contribution in [2.75, 3.05) is 33.9 Å². The molecule has 0 N–H and O–H groups in total. The fourth-order valence-electron chi connectivity index (χ4n) is 3.47. The molecule has 1 aliphatic heterocycles. The first-order valence-corrected chi connectivity index (χ1v) is 9.97. The van der Waals surface area contributed by atoms with Gasteiger partial charge in [0.1, 0.15) is 18.1 Å². The number of carbonyl (C=O) groups is 2. The predicted molar refractivity (Wildman–Crippen MR) is 114 cm³/mol. The summed E-state index contributed by atoms with van der Waals surface area (Å²) in [4.78, 5) is 26.5. The molecule has 0 radical (unpaired) electrons.